The first-order valence-corrected chi connectivity index (χ1v) is 10.2. The summed E-state index contributed by atoms with van der Waals surface area (Å²) < 4.78 is 4.38. The summed E-state index contributed by atoms with van der Waals surface area (Å²) >= 11 is 0. The van der Waals surface area contributed by atoms with Gasteiger partial charge in [0.1, 0.15) is 11.5 Å². The Balaban J connectivity index is 1.25. The van der Waals surface area contributed by atoms with Gasteiger partial charge in [-0.05, 0) is 49.4 Å². The van der Waals surface area contributed by atoms with Crippen molar-refractivity contribution in [3.8, 4) is 0 Å². The molecule has 0 N–H and O–H groups in total. The number of carbonyl (C=O) groups is 1. The molecule has 0 atom stereocenters. The summed E-state index contributed by atoms with van der Waals surface area (Å²) in [6, 6.07) is 8.55. The first-order valence-electron chi connectivity index (χ1n) is 10.2. The predicted molar refractivity (Wildman–Crippen MR) is 106 cm³/mol. The van der Waals surface area contributed by atoms with E-state index in [-0.39, 0.29) is 5.91 Å². The van der Waals surface area contributed by atoms with Crippen LogP contribution in [0, 0.1) is 0 Å². The maximum absolute atomic E-state index is 13.0. The van der Waals surface area contributed by atoms with Crippen LogP contribution in [-0.4, -0.2) is 43.0 Å². The Kier molecular flexibility index (Phi) is 4.47. The number of nitrogens with zero attached hydrogens (tertiary/aromatic N) is 5. The van der Waals surface area contributed by atoms with E-state index < -0.39 is 0 Å². The molecule has 1 saturated carbocycles. The third kappa shape index (κ3) is 3.35. The van der Waals surface area contributed by atoms with Gasteiger partial charge in [0.25, 0.3) is 5.91 Å². The average molecular weight is 375 g/mol. The summed E-state index contributed by atoms with van der Waals surface area (Å²) in [7, 11) is 0. The van der Waals surface area contributed by atoms with Crippen LogP contribution in [0.15, 0.2) is 55.2 Å². The molecular weight excluding hydrogens is 350 g/mol. The summed E-state index contributed by atoms with van der Waals surface area (Å²) in [4.78, 5) is 23.8. The second-order valence-corrected chi connectivity index (χ2v) is 7.87. The lowest BCUT2D eigenvalue weighted by Crippen LogP contribution is -2.39. The van der Waals surface area contributed by atoms with Crippen LogP contribution in [0.4, 0.5) is 0 Å². The zero-order valence-corrected chi connectivity index (χ0v) is 15.9. The van der Waals surface area contributed by atoms with Gasteiger partial charge >= 0.3 is 0 Å². The maximum atomic E-state index is 13.0. The Morgan fingerprint density at radius 3 is 2.64 bits per heavy atom. The van der Waals surface area contributed by atoms with Gasteiger partial charge in [0, 0.05) is 56.0 Å². The van der Waals surface area contributed by atoms with Gasteiger partial charge in [0.05, 0.1) is 6.54 Å². The number of amides is 1. The van der Waals surface area contributed by atoms with Crippen LogP contribution in [0.25, 0.3) is 0 Å². The van der Waals surface area contributed by atoms with Gasteiger partial charge < -0.3 is 14.0 Å². The van der Waals surface area contributed by atoms with Gasteiger partial charge in [0.15, 0.2) is 0 Å². The summed E-state index contributed by atoms with van der Waals surface area (Å²) in [5.41, 5.74) is 2.02. The van der Waals surface area contributed by atoms with Crippen molar-refractivity contribution in [2.45, 2.75) is 44.2 Å². The number of pyridine rings is 1. The molecule has 3 aromatic heterocycles. The quantitative estimate of drug-likeness (QED) is 0.686. The van der Waals surface area contributed by atoms with E-state index in [1.54, 1.807) is 6.20 Å². The number of imidazole rings is 1. The lowest BCUT2D eigenvalue weighted by Gasteiger charge is -2.32. The van der Waals surface area contributed by atoms with Crippen LogP contribution >= 0.6 is 0 Å². The second-order valence-electron chi connectivity index (χ2n) is 7.87. The molecule has 1 saturated heterocycles. The lowest BCUT2D eigenvalue weighted by molar-refractivity contribution is 0.0699. The van der Waals surface area contributed by atoms with Crippen LogP contribution < -0.4 is 0 Å². The Labute approximate surface area is 164 Å². The highest BCUT2D eigenvalue weighted by Crippen LogP contribution is 2.36. The Bertz CT molecular complexity index is 948. The fourth-order valence-corrected chi connectivity index (χ4v) is 4.25. The monoisotopic (exact) mass is 375 g/mol. The number of piperidine rings is 1. The zero-order chi connectivity index (χ0) is 18.9. The molecule has 0 aromatic carbocycles. The van der Waals surface area contributed by atoms with Crippen LogP contribution in [0.1, 0.15) is 59.5 Å². The first-order chi connectivity index (χ1) is 13.8. The SMILES string of the molecule is O=C(c1cccn1C1CC1)N1CCC(c2nccn2Cc2cccnc2)CC1. The van der Waals surface area contributed by atoms with E-state index in [4.69, 9.17) is 0 Å². The molecule has 5 rings (SSSR count). The highest BCUT2D eigenvalue weighted by Gasteiger charge is 2.31. The minimum absolute atomic E-state index is 0.175. The van der Waals surface area contributed by atoms with Crippen molar-refractivity contribution < 1.29 is 4.79 Å². The largest absolute Gasteiger partial charge is 0.340 e. The molecule has 1 amide bonds. The molecule has 0 spiro atoms. The van der Waals surface area contributed by atoms with E-state index in [1.807, 2.05) is 47.9 Å². The third-order valence-corrected chi connectivity index (χ3v) is 5.91. The van der Waals surface area contributed by atoms with Crippen molar-refractivity contribution in [2.75, 3.05) is 13.1 Å². The fraction of sp³-hybridized carbons (Fsp3) is 0.409. The van der Waals surface area contributed by atoms with Crippen molar-refractivity contribution in [1.82, 2.24) is 24.0 Å². The molecule has 2 fully saturated rings. The summed E-state index contributed by atoms with van der Waals surface area (Å²) in [6.45, 7) is 2.37. The Hall–Kier alpha value is -2.89. The van der Waals surface area contributed by atoms with E-state index in [1.165, 1.54) is 18.4 Å². The molecule has 0 bridgehead atoms. The van der Waals surface area contributed by atoms with E-state index in [2.05, 4.69) is 25.2 Å². The van der Waals surface area contributed by atoms with Gasteiger partial charge in [-0.2, -0.15) is 0 Å². The van der Waals surface area contributed by atoms with Crippen LogP contribution in [0.5, 0.6) is 0 Å². The van der Waals surface area contributed by atoms with Crippen molar-refractivity contribution in [2.24, 2.45) is 0 Å². The molecule has 1 aliphatic heterocycles. The summed E-state index contributed by atoms with van der Waals surface area (Å²) in [5, 5.41) is 0. The minimum atomic E-state index is 0.175. The van der Waals surface area contributed by atoms with E-state index in [0.717, 1.165) is 44.0 Å². The van der Waals surface area contributed by atoms with Gasteiger partial charge in [-0.15, -0.1) is 0 Å². The minimum Gasteiger partial charge on any atom is -0.340 e. The fourth-order valence-electron chi connectivity index (χ4n) is 4.25. The summed E-state index contributed by atoms with van der Waals surface area (Å²) in [5.74, 6) is 1.69. The number of carbonyl (C=O) groups excluding carboxylic acids is 1. The number of rotatable bonds is 5. The molecule has 28 heavy (non-hydrogen) atoms. The van der Waals surface area contributed by atoms with Crippen molar-refractivity contribution in [1.29, 1.82) is 0 Å². The normalized spacial score (nSPS) is 17.8. The molecule has 3 aromatic rings. The van der Waals surface area contributed by atoms with Crippen molar-refractivity contribution >= 4 is 5.91 Å². The van der Waals surface area contributed by atoms with Crippen LogP contribution in [0.2, 0.25) is 0 Å². The Morgan fingerprint density at radius 1 is 1.04 bits per heavy atom. The topological polar surface area (TPSA) is 56.0 Å². The molecule has 4 heterocycles. The standard InChI is InChI=1S/C22H25N5O/c28-22(20-4-2-11-27(20)19-5-6-19)25-12-7-18(8-13-25)21-24-10-14-26(21)16-17-3-1-9-23-15-17/h1-4,9-11,14-15,18-19H,5-8,12-13,16H2. The van der Waals surface area contributed by atoms with Crippen LogP contribution in [0.3, 0.4) is 0 Å². The van der Waals surface area contributed by atoms with Gasteiger partial charge in [-0.1, -0.05) is 6.07 Å². The highest BCUT2D eigenvalue weighted by molar-refractivity contribution is 5.93. The molecular formula is C22H25N5O. The van der Waals surface area contributed by atoms with E-state index >= 15 is 0 Å². The molecule has 0 unspecified atom stereocenters. The molecule has 6 nitrogen and oxygen atoms in total. The molecule has 6 heteroatoms. The molecule has 144 valence electrons. The van der Waals surface area contributed by atoms with Gasteiger partial charge in [0.2, 0.25) is 0 Å². The molecule has 2 aliphatic rings. The number of hydrogen-bond acceptors (Lipinski definition) is 3. The lowest BCUT2D eigenvalue weighted by atomic mass is 9.95. The molecule has 1 aliphatic carbocycles. The first kappa shape index (κ1) is 17.2. The number of likely N-dealkylation sites (tertiary alicyclic amines) is 1. The molecule has 0 radical (unpaired) electrons. The van der Waals surface area contributed by atoms with Crippen LogP contribution in [-0.2, 0) is 6.54 Å². The van der Waals surface area contributed by atoms with Gasteiger partial charge in [-0.3, -0.25) is 9.78 Å². The smallest absolute Gasteiger partial charge is 0.270 e. The van der Waals surface area contributed by atoms with Crippen molar-refractivity contribution in [3.63, 3.8) is 0 Å². The van der Waals surface area contributed by atoms with Gasteiger partial charge in [-0.25, -0.2) is 4.98 Å². The number of hydrogen-bond donors (Lipinski definition) is 0. The number of aromatic nitrogens is 4. The predicted octanol–water partition coefficient (Wildman–Crippen LogP) is 3.48. The van der Waals surface area contributed by atoms with E-state index in [9.17, 15) is 4.79 Å². The van der Waals surface area contributed by atoms with E-state index in [0.29, 0.717) is 12.0 Å². The summed E-state index contributed by atoms with van der Waals surface area (Å²) in [6.07, 6.45) is 14.0. The zero-order valence-electron chi connectivity index (χ0n) is 15.9. The average Bonchev–Trinajstić information content (AvgIpc) is 3.28. The maximum Gasteiger partial charge on any atom is 0.270 e. The second kappa shape index (κ2) is 7.26. The third-order valence-electron chi connectivity index (χ3n) is 5.91. The highest BCUT2D eigenvalue weighted by atomic mass is 16.2. The van der Waals surface area contributed by atoms with Crippen molar-refractivity contribution in [3.05, 3.63) is 72.3 Å². The Morgan fingerprint density at radius 2 is 1.89 bits per heavy atom.